The fourth-order valence-electron chi connectivity index (χ4n) is 8.65. The Kier molecular flexibility index (Phi) is 7.11. The van der Waals surface area contributed by atoms with Crippen LogP contribution < -0.4 is 4.90 Å². The summed E-state index contributed by atoms with van der Waals surface area (Å²) in [5.74, 6) is 0. The lowest BCUT2D eigenvalue weighted by Gasteiger charge is -2.35. The molecule has 0 unspecified atom stereocenters. The Hall–Kier alpha value is -6.70. The van der Waals surface area contributed by atoms with Crippen molar-refractivity contribution in [1.29, 1.82) is 0 Å². The number of benzene rings is 9. The highest BCUT2D eigenvalue weighted by Crippen LogP contribution is 2.62. The van der Waals surface area contributed by atoms with Gasteiger partial charge in [-0.05, 0) is 96.9 Å². The predicted octanol–water partition coefficient (Wildman–Crippen LogP) is 13.5. The Morgan fingerprint density at radius 2 is 0.942 bits per heavy atom. The van der Waals surface area contributed by atoms with Crippen molar-refractivity contribution >= 4 is 38.6 Å². The summed E-state index contributed by atoms with van der Waals surface area (Å²) in [6.45, 7) is 0. The normalized spacial score (nSPS) is 12.8. The van der Waals surface area contributed by atoms with Gasteiger partial charge < -0.3 is 4.90 Å². The Morgan fingerprint density at radius 1 is 0.365 bits per heavy atom. The van der Waals surface area contributed by atoms with Gasteiger partial charge in [-0.15, -0.1) is 0 Å². The van der Waals surface area contributed by atoms with Crippen LogP contribution in [0, 0.1) is 0 Å². The summed E-state index contributed by atoms with van der Waals surface area (Å²) in [6.07, 6.45) is 0. The molecule has 0 aromatic heterocycles. The van der Waals surface area contributed by atoms with Crippen molar-refractivity contribution in [3.8, 4) is 22.3 Å². The average molecular weight is 662 g/mol. The molecule has 0 spiro atoms. The van der Waals surface area contributed by atoms with Crippen molar-refractivity contribution in [2.24, 2.45) is 0 Å². The molecule has 0 fully saturated rings. The van der Waals surface area contributed by atoms with Crippen LogP contribution in [0.5, 0.6) is 0 Å². The van der Waals surface area contributed by atoms with Crippen LogP contribution in [0.4, 0.5) is 17.1 Å². The molecular weight excluding hydrogens is 627 g/mol. The smallest absolute Gasteiger partial charge is 0.0720 e. The van der Waals surface area contributed by atoms with Crippen LogP contribution in [0.1, 0.15) is 22.3 Å². The molecule has 0 aliphatic heterocycles. The number of fused-ring (bicyclic) bond motifs is 6. The second-order valence-corrected chi connectivity index (χ2v) is 13.7. The summed E-state index contributed by atoms with van der Waals surface area (Å²) in [5.41, 5.74) is 12.9. The summed E-state index contributed by atoms with van der Waals surface area (Å²) in [5, 5.41) is 4.92. The molecule has 0 N–H and O–H groups in total. The minimum atomic E-state index is -0.584. The third kappa shape index (κ3) is 4.63. The first kappa shape index (κ1) is 30.2. The molecule has 0 saturated heterocycles. The van der Waals surface area contributed by atoms with Crippen molar-refractivity contribution in [1.82, 2.24) is 0 Å². The second kappa shape index (κ2) is 12.3. The van der Waals surface area contributed by atoms with Crippen LogP contribution in [-0.4, -0.2) is 0 Å². The zero-order valence-corrected chi connectivity index (χ0v) is 28.7. The summed E-state index contributed by atoms with van der Waals surface area (Å²) >= 11 is 0. The van der Waals surface area contributed by atoms with Crippen LogP contribution in [0.15, 0.2) is 212 Å². The molecular formula is C51H35N. The molecule has 0 bridgehead atoms. The van der Waals surface area contributed by atoms with Gasteiger partial charge in [-0.1, -0.05) is 176 Å². The first-order chi connectivity index (χ1) is 25.8. The molecule has 1 aliphatic rings. The molecule has 0 radical (unpaired) electrons. The molecule has 0 saturated carbocycles. The Labute approximate surface area is 304 Å². The van der Waals surface area contributed by atoms with Gasteiger partial charge in [0.1, 0.15) is 0 Å². The van der Waals surface area contributed by atoms with Crippen molar-refractivity contribution in [2.45, 2.75) is 5.41 Å². The van der Waals surface area contributed by atoms with E-state index in [1.165, 1.54) is 66.1 Å². The molecule has 0 heterocycles. The van der Waals surface area contributed by atoms with Gasteiger partial charge in [-0.25, -0.2) is 0 Å². The summed E-state index contributed by atoms with van der Waals surface area (Å²) in [4.78, 5) is 2.47. The molecule has 0 amide bonds. The molecule has 244 valence electrons. The Bertz CT molecular complexity index is 2680. The molecule has 0 atom stereocenters. The lowest BCUT2D eigenvalue weighted by atomic mass is 9.66. The monoisotopic (exact) mass is 661 g/mol. The van der Waals surface area contributed by atoms with E-state index in [-0.39, 0.29) is 0 Å². The van der Waals surface area contributed by atoms with E-state index in [4.69, 9.17) is 0 Å². The number of anilines is 3. The quantitative estimate of drug-likeness (QED) is 0.171. The van der Waals surface area contributed by atoms with Crippen LogP contribution >= 0.6 is 0 Å². The molecule has 9 aromatic rings. The standard InChI is InChI=1S/C51H35N/c1-5-17-36(18-6-1)39-30-32-46-47(34-39)51(41-22-7-2-8-23-41,42-24-9-3-10-25-42)50-45-28-16-15-21-40(45)35-48(49(46)50)52(43-26-11-4-12-27-43)44-31-29-37-19-13-14-20-38(37)33-44/h1-35H. The Balaban J connectivity index is 1.39. The first-order valence-corrected chi connectivity index (χ1v) is 18.0. The van der Waals surface area contributed by atoms with Gasteiger partial charge in [0.2, 0.25) is 0 Å². The third-order valence-electron chi connectivity index (χ3n) is 10.9. The Morgan fingerprint density at radius 3 is 1.63 bits per heavy atom. The number of hydrogen-bond donors (Lipinski definition) is 0. The molecule has 52 heavy (non-hydrogen) atoms. The lowest BCUT2D eigenvalue weighted by molar-refractivity contribution is 0.775. The van der Waals surface area contributed by atoms with E-state index in [1.807, 2.05) is 0 Å². The number of para-hydroxylation sites is 1. The van der Waals surface area contributed by atoms with Gasteiger partial charge in [0.05, 0.1) is 11.1 Å². The largest absolute Gasteiger partial charge is 0.310 e. The number of hydrogen-bond acceptors (Lipinski definition) is 1. The van der Waals surface area contributed by atoms with Gasteiger partial charge in [0.25, 0.3) is 0 Å². The SMILES string of the molecule is c1ccc(-c2ccc3c(c2)C(c2ccccc2)(c2ccccc2)c2c-3c(N(c3ccccc3)c3ccc4ccccc4c3)cc3ccccc23)cc1. The maximum Gasteiger partial charge on any atom is 0.0720 e. The van der Waals surface area contributed by atoms with E-state index in [1.54, 1.807) is 0 Å². The van der Waals surface area contributed by atoms with E-state index in [9.17, 15) is 0 Å². The van der Waals surface area contributed by atoms with Crippen molar-refractivity contribution in [3.63, 3.8) is 0 Å². The molecule has 1 nitrogen and oxygen atoms in total. The zero-order chi connectivity index (χ0) is 34.5. The van der Waals surface area contributed by atoms with Crippen LogP contribution in [-0.2, 0) is 5.41 Å². The maximum atomic E-state index is 2.47. The minimum Gasteiger partial charge on any atom is -0.310 e. The maximum absolute atomic E-state index is 2.47. The fourth-order valence-corrected chi connectivity index (χ4v) is 8.65. The van der Waals surface area contributed by atoms with Crippen LogP contribution in [0.2, 0.25) is 0 Å². The molecule has 10 rings (SSSR count). The summed E-state index contributed by atoms with van der Waals surface area (Å²) in [6, 6.07) is 78.0. The predicted molar refractivity (Wildman–Crippen MR) is 219 cm³/mol. The molecule has 1 heteroatoms. The topological polar surface area (TPSA) is 3.24 Å². The van der Waals surface area contributed by atoms with Gasteiger partial charge in [-0.2, -0.15) is 0 Å². The highest BCUT2D eigenvalue weighted by molar-refractivity contribution is 6.08. The minimum absolute atomic E-state index is 0.584. The van der Waals surface area contributed by atoms with Crippen LogP contribution in [0.3, 0.4) is 0 Å². The van der Waals surface area contributed by atoms with E-state index >= 15 is 0 Å². The van der Waals surface area contributed by atoms with E-state index in [2.05, 4.69) is 217 Å². The van der Waals surface area contributed by atoms with Crippen molar-refractivity contribution in [3.05, 3.63) is 235 Å². The van der Waals surface area contributed by atoms with Crippen molar-refractivity contribution < 1.29 is 0 Å². The first-order valence-electron chi connectivity index (χ1n) is 18.0. The van der Waals surface area contributed by atoms with E-state index < -0.39 is 5.41 Å². The van der Waals surface area contributed by atoms with Crippen LogP contribution in [0.25, 0.3) is 43.8 Å². The highest BCUT2D eigenvalue weighted by atomic mass is 15.1. The van der Waals surface area contributed by atoms with Gasteiger partial charge in [0, 0.05) is 16.9 Å². The number of nitrogens with zero attached hydrogens (tertiary/aromatic N) is 1. The fraction of sp³-hybridized carbons (Fsp3) is 0.0196. The van der Waals surface area contributed by atoms with E-state index in [0.29, 0.717) is 0 Å². The number of rotatable bonds is 6. The van der Waals surface area contributed by atoms with Crippen molar-refractivity contribution in [2.75, 3.05) is 4.90 Å². The van der Waals surface area contributed by atoms with Gasteiger partial charge in [0.15, 0.2) is 0 Å². The molecule has 1 aliphatic carbocycles. The lowest BCUT2D eigenvalue weighted by Crippen LogP contribution is -2.29. The van der Waals surface area contributed by atoms with E-state index in [0.717, 1.165) is 17.1 Å². The second-order valence-electron chi connectivity index (χ2n) is 13.7. The highest BCUT2D eigenvalue weighted by Gasteiger charge is 2.49. The van der Waals surface area contributed by atoms with Gasteiger partial charge >= 0.3 is 0 Å². The average Bonchev–Trinajstić information content (AvgIpc) is 3.54. The van der Waals surface area contributed by atoms with Gasteiger partial charge in [-0.3, -0.25) is 0 Å². The zero-order valence-electron chi connectivity index (χ0n) is 28.7. The molecule has 9 aromatic carbocycles. The third-order valence-corrected chi connectivity index (χ3v) is 10.9. The summed E-state index contributed by atoms with van der Waals surface area (Å²) in [7, 11) is 0. The summed E-state index contributed by atoms with van der Waals surface area (Å²) < 4.78 is 0.